The smallest absolute Gasteiger partial charge is 0.242 e. The molecule has 2 rings (SSSR count). The number of benzene rings is 2. The second kappa shape index (κ2) is 11.6. The van der Waals surface area contributed by atoms with Crippen molar-refractivity contribution >= 4 is 27.7 Å². The van der Waals surface area contributed by atoms with Crippen LogP contribution in [0.4, 0.5) is 0 Å². The SMILES string of the molecule is CC(C)NC(=O)[C@@H](C)N(Cc1ccc(Br)cc1)C(=O)CCCOc1ccccc1. The Bertz CT molecular complexity index is 778. The molecule has 2 aromatic rings. The van der Waals surface area contributed by atoms with Crippen LogP contribution in [-0.2, 0) is 16.1 Å². The molecule has 1 atom stereocenters. The molecule has 0 unspecified atom stereocenters. The highest BCUT2D eigenvalue weighted by molar-refractivity contribution is 9.10. The lowest BCUT2D eigenvalue weighted by Crippen LogP contribution is -2.49. The van der Waals surface area contributed by atoms with Crippen molar-refractivity contribution in [1.82, 2.24) is 10.2 Å². The minimum atomic E-state index is -0.552. The van der Waals surface area contributed by atoms with Gasteiger partial charge >= 0.3 is 0 Å². The first-order valence-electron chi connectivity index (χ1n) is 9.89. The van der Waals surface area contributed by atoms with E-state index in [1.54, 1.807) is 11.8 Å². The van der Waals surface area contributed by atoms with Gasteiger partial charge in [-0.3, -0.25) is 9.59 Å². The molecule has 2 amide bonds. The highest BCUT2D eigenvalue weighted by Gasteiger charge is 2.26. The minimum absolute atomic E-state index is 0.0221. The van der Waals surface area contributed by atoms with Crippen molar-refractivity contribution in [3.63, 3.8) is 0 Å². The lowest BCUT2D eigenvalue weighted by Gasteiger charge is -2.29. The number of carbonyl (C=O) groups is 2. The Morgan fingerprint density at radius 2 is 1.69 bits per heavy atom. The predicted octanol–water partition coefficient (Wildman–Crippen LogP) is 4.55. The van der Waals surface area contributed by atoms with Gasteiger partial charge < -0.3 is 15.0 Å². The summed E-state index contributed by atoms with van der Waals surface area (Å²) >= 11 is 3.42. The van der Waals surface area contributed by atoms with Crippen molar-refractivity contribution in [1.29, 1.82) is 0 Å². The van der Waals surface area contributed by atoms with E-state index in [1.165, 1.54) is 0 Å². The average molecular weight is 461 g/mol. The number of amides is 2. The summed E-state index contributed by atoms with van der Waals surface area (Å²) in [5, 5.41) is 2.90. The molecule has 5 nitrogen and oxygen atoms in total. The minimum Gasteiger partial charge on any atom is -0.494 e. The summed E-state index contributed by atoms with van der Waals surface area (Å²) in [6, 6.07) is 16.8. The quantitative estimate of drug-likeness (QED) is 0.529. The van der Waals surface area contributed by atoms with Gasteiger partial charge in [-0.15, -0.1) is 0 Å². The normalized spacial score (nSPS) is 11.8. The molecule has 0 heterocycles. The molecule has 0 saturated heterocycles. The molecular weight excluding hydrogens is 432 g/mol. The van der Waals surface area contributed by atoms with Gasteiger partial charge in [0.15, 0.2) is 0 Å². The maximum atomic E-state index is 12.9. The van der Waals surface area contributed by atoms with Crippen molar-refractivity contribution in [2.45, 2.75) is 52.2 Å². The zero-order valence-electron chi connectivity index (χ0n) is 17.2. The topological polar surface area (TPSA) is 58.6 Å². The molecule has 0 spiro atoms. The van der Waals surface area contributed by atoms with Crippen LogP contribution in [0.3, 0.4) is 0 Å². The molecule has 0 radical (unpaired) electrons. The van der Waals surface area contributed by atoms with Gasteiger partial charge in [-0.25, -0.2) is 0 Å². The molecule has 0 aliphatic heterocycles. The second-order valence-electron chi connectivity index (χ2n) is 7.25. The standard InChI is InChI=1S/C23H29BrN2O3/c1-17(2)25-23(28)18(3)26(16-19-11-13-20(24)14-12-19)22(27)10-7-15-29-21-8-5-4-6-9-21/h4-6,8-9,11-14,17-18H,7,10,15-16H2,1-3H3,(H,25,28)/t18-/m1/s1. The third-order valence-electron chi connectivity index (χ3n) is 4.41. The van der Waals surface area contributed by atoms with Crippen LogP contribution in [0.15, 0.2) is 59.1 Å². The van der Waals surface area contributed by atoms with Gasteiger partial charge in [0.2, 0.25) is 11.8 Å². The van der Waals surface area contributed by atoms with E-state index in [-0.39, 0.29) is 17.9 Å². The van der Waals surface area contributed by atoms with Gasteiger partial charge in [-0.1, -0.05) is 46.3 Å². The number of ether oxygens (including phenoxy) is 1. The Hall–Kier alpha value is -2.34. The Morgan fingerprint density at radius 3 is 2.31 bits per heavy atom. The van der Waals surface area contributed by atoms with E-state index in [0.717, 1.165) is 15.8 Å². The summed E-state index contributed by atoms with van der Waals surface area (Å²) in [5.74, 6) is 0.582. The fraction of sp³-hybridized carbons (Fsp3) is 0.391. The van der Waals surface area contributed by atoms with Crippen LogP contribution < -0.4 is 10.1 Å². The van der Waals surface area contributed by atoms with E-state index in [0.29, 0.717) is 26.0 Å². The van der Waals surface area contributed by atoms with Gasteiger partial charge in [-0.05, 0) is 57.0 Å². The van der Waals surface area contributed by atoms with Crippen LogP contribution in [0.2, 0.25) is 0 Å². The molecule has 0 bridgehead atoms. The molecule has 29 heavy (non-hydrogen) atoms. The van der Waals surface area contributed by atoms with E-state index in [1.807, 2.05) is 68.4 Å². The van der Waals surface area contributed by atoms with Gasteiger partial charge in [0, 0.05) is 23.5 Å². The first-order valence-corrected chi connectivity index (χ1v) is 10.7. The summed E-state index contributed by atoms with van der Waals surface area (Å²) in [4.78, 5) is 27.1. The molecule has 6 heteroatoms. The first-order chi connectivity index (χ1) is 13.9. The highest BCUT2D eigenvalue weighted by Crippen LogP contribution is 2.16. The lowest BCUT2D eigenvalue weighted by molar-refractivity contribution is -0.141. The van der Waals surface area contributed by atoms with E-state index in [9.17, 15) is 9.59 Å². The lowest BCUT2D eigenvalue weighted by atomic mass is 10.1. The van der Waals surface area contributed by atoms with Gasteiger partial charge in [-0.2, -0.15) is 0 Å². The molecule has 156 valence electrons. The summed E-state index contributed by atoms with van der Waals surface area (Å²) in [6.45, 7) is 6.43. The largest absolute Gasteiger partial charge is 0.494 e. The number of hydrogen-bond acceptors (Lipinski definition) is 3. The zero-order chi connectivity index (χ0) is 21.2. The maximum Gasteiger partial charge on any atom is 0.242 e. The monoisotopic (exact) mass is 460 g/mol. The van der Waals surface area contributed by atoms with Crippen molar-refractivity contribution in [3.05, 3.63) is 64.6 Å². The highest BCUT2D eigenvalue weighted by atomic mass is 79.9. The molecular formula is C23H29BrN2O3. The van der Waals surface area contributed by atoms with Crippen molar-refractivity contribution in [2.24, 2.45) is 0 Å². The molecule has 0 saturated carbocycles. The number of rotatable bonds is 10. The van der Waals surface area contributed by atoms with Gasteiger partial charge in [0.25, 0.3) is 0 Å². The van der Waals surface area contributed by atoms with E-state index < -0.39 is 6.04 Å². The number of hydrogen-bond donors (Lipinski definition) is 1. The Kier molecular flexibility index (Phi) is 9.19. The molecule has 2 aromatic carbocycles. The molecule has 0 aliphatic rings. The van der Waals surface area contributed by atoms with Crippen LogP contribution in [0, 0.1) is 0 Å². The zero-order valence-corrected chi connectivity index (χ0v) is 18.8. The fourth-order valence-corrected chi connectivity index (χ4v) is 3.11. The summed E-state index contributed by atoms with van der Waals surface area (Å²) < 4.78 is 6.65. The fourth-order valence-electron chi connectivity index (χ4n) is 2.85. The van der Waals surface area contributed by atoms with Crippen molar-refractivity contribution < 1.29 is 14.3 Å². The van der Waals surface area contributed by atoms with E-state index >= 15 is 0 Å². The van der Waals surface area contributed by atoms with Crippen LogP contribution >= 0.6 is 15.9 Å². The third-order valence-corrected chi connectivity index (χ3v) is 4.94. The van der Waals surface area contributed by atoms with E-state index in [2.05, 4.69) is 21.2 Å². The molecule has 0 fully saturated rings. The molecule has 0 aromatic heterocycles. The number of nitrogens with zero attached hydrogens (tertiary/aromatic N) is 1. The van der Waals surface area contributed by atoms with Crippen LogP contribution in [0.25, 0.3) is 0 Å². The average Bonchev–Trinajstić information content (AvgIpc) is 2.70. The maximum absolute atomic E-state index is 12.9. The summed E-state index contributed by atoms with van der Waals surface area (Å²) in [5.41, 5.74) is 0.978. The van der Waals surface area contributed by atoms with Crippen molar-refractivity contribution in [3.8, 4) is 5.75 Å². The number of carbonyl (C=O) groups excluding carboxylic acids is 2. The first kappa shape index (κ1) is 22.9. The van der Waals surface area contributed by atoms with E-state index in [4.69, 9.17) is 4.74 Å². The number of nitrogens with one attached hydrogen (secondary N) is 1. The predicted molar refractivity (Wildman–Crippen MR) is 119 cm³/mol. The third kappa shape index (κ3) is 7.89. The van der Waals surface area contributed by atoms with Crippen LogP contribution in [0.5, 0.6) is 5.75 Å². The second-order valence-corrected chi connectivity index (χ2v) is 8.17. The van der Waals surface area contributed by atoms with Gasteiger partial charge in [0.05, 0.1) is 6.61 Å². The van der Waals surface area contributed by atoms with Crippen LogP contribution in [0.1, 0.15) is 39.2 Å². The van der Waals surface area contributed by atoms with Crippen LogP contribution in [-0.4, -0.2) is 35.4 Å². The molecule has 1 N–H and O–H groups in total. The summed E-state index contributed by atoms with van der Waals surface area (Å²) in [6.07, 6.45) is 0.908. The van der Waals surface area contributed by atoms with Gasteiger partial charge in [0.1, 0.15) is 11.8 Å². The number of halogens is 1. The summed E-state index contributed by atoms with van der Waals surface area (Å²) in [7, 11) is 0. The Labute approximate surface area is 181 Å². The van der Waals surface area contributed by atoms with Crippen molar-refractivity contribution in [2.75, 3.05) is 6.61 Å². The number of para-hydroxylation sites is 1. The Morgan fingerprint density at radius 1 is 1.03 bits per heavy atom. The Balaban J connectivity index is 1.99. The molecule has 0 aliphatic carbocycles.